The van der Waals surface area contributed by atoms with Gasteiger partial charge in [-0.1, -0.05) is 6.92 Å². The van der Waals surface area contributed by atoms with Gasteiger partial charge in [0.2, 0.25) is 5.91 Å². The summed E-state index contributed by atoms with van der Waals surface area (Å²) in [5.74, 6) is 1.24. The van der Waals surface area contributed by atoms with Crippen molar-refractivity contribution < 1.29 is 14.6 Å². The van der Waals surface area contributed by atoms with Crippen LogP contribution in [0.2, 0.25) is 0 Å². The van der Waals surface area contributed by atoms with E-state index in [0.29, 0.717) is 24.3 Å². The first-order valence-corrected chi connectivity index (χ1v) is 6.23. The maximum absolute atomic E-state index is 11.9. The van der Waals surface area contributed by atoms with Gasteiger partial charge in [0.1, 0.15) is 0 Å². The zero-order chi connectivity index (χ0) is 11.5. The number of nitrogens with zero attached hydrogens (tertiary/aromatic N) is 1. The molecule has 1 amide bonds. The van der Waals surface area contributed by atoms with Gasteiger partial charge in [-0.3, -0.25) is 4.79 Å². The monoisotopic (exact) mass is 227 g/mol. The first-order valence-electron chi connectivity index (χ1n) is 6.23. The van der Waals surface area contributed by atoms with Crippen LogP contribution in [0.5, 0.6) is 0 Å². The van der Waals surface area contributed by atoms with Gasteiger partial charge in [-0.15, -0.1) is 0 Å². The molecular weight excluding hydrogens is 206 g/mol. The SMILES string of the molecule is CC1CC1C(=O)N1CCC(OCCO)CC1. The van der Waals surface area contributed by atoms with E-state index in [0.717, 1.165) is 32.4 Å². The number of piperidine rings is 1. The fourth-order valence-corrected chi connectivity index (χ4v) is 2.36. The Hall–Kier alpha value is -0.610. The lowest BCUT2D eigenvalue weighted by Gasteiger charge is -2.32. The van der Waals surface area contributed by atoms with Gasteiger partial charge < -0.3 is 14.7 Å². The second-order valence-corrected chi connectivity index (χ2v) is 4.94. The summed E-state index contributed by atoms with van der Waals surface area (Å²) in [6.45, 7) is 4.27. The van der Waals surface area contributed by atoms with Gasteiger partial charge in [0.25, 0.3) is 0 Å². The number of amides is 1. The lowest BCUT2D eigenvalue weighted by Crippen LogP contribution is -2.42. The van der Waals surface area contributed by atoms with E-state index in [1.807, 2.05) is 4.90 Å². The van der Waals surface area contributed by atoms with Crippen LogP contribution in [0.25, 0.3) is 0 Å². The molecule has 4 heteroatoms. The standard InChI is InChI=1S/C12H21NO3/c1-9-8-11(9)12(15)13-4-2-10(3-5-13)16-7-6-14/h9-11,14H,2-8H2,1H3. The molecule has 0 aromatic carbocycles. The van der Waals surface area contributed by atoms with Gasteiger partial charge in [0.05, 0.1) is 19.3 Å². The number of rotatable bonds is 4. The van der Waals surface area contributed by atoms with Gasteiger partial charge in [-0.2, -0.15) is 0 Å². The van der Waals surface area contributed by atoms with E-state index in [9.17, 15) is 4.79 Å². The van der Waals surface area contributed by atoms with Crippen molar-refractivity contribution in [2.45, 2.75) is 32.3 Å². The molecular formula is C12H21NO3. The van der Waals surface area contributed by atoms with Crippen LogP contribution in [-0.2, 0) is 9.53 Å². The zero-order valence-corrected chi connectivity index (χ0v) is 9.89. The highest BCUT2D eigenvalue weighted by Gasteiger charge is 2.42. The van der Waals surface area contributed by atoms with E-state index in [1.165, 1.54) is 0 Å². The van der Waals surface area contributed by atoms with E-state index in [4.69, 9.17) is 9.84 Å². The lowest BCUT2D eigenvalue weighted by molar-refractivity contribution is -0.135. The minimum absolute atomic E-state index is 0.0821. The fourth-order valence-electron chi connectivity index (χ4n) is 2.36. The molecule has 1 aliphatic heterocycles. The first kappa shape index (κ1) is 11.9. The number of carbonyl (C=O) groups excluding carboxylic acids is 1. The Kier molecular flexibility index (Phi) is 3.82. The summed E-state index contributed by atoms with van der Waals surface area (Å²) >= 11 is 0. The molecule has 4 nitrogen and oxygen atoms in total. The van der Waals surface area contributed by atoms with Crippen LogP contribution in [0.1, 0.15) is 26.2 Å². The van der Waals surface area contributed by atoms with Crippen LogP contribution in [0.15, 0.2) is 0 Å². The normalized spacial score (nSPS) is 30.5. The van der Waals surface area contributed by atoms with Gasteiger partial charge >= 0.3 is 0 Å². The highest BCUT2D eigenvalue weighted by Crippen LogP contribution is 2.39. The molecule has 2 fully saturated rings. The molecule has 1 aliphatic carbocycles. The van der Waals surface area contributed by atoms with Crippen molar-refractivity contribution >= 4 is 5.91 Å². The van der Waals surface area contributed by atoms with Crippen molar-refractivity contribution in [2.24, 2.45) is 11.8 Å². The van der Waals surface area contributed by atoms with Crippen molar-refractivity contribution in [1.82, 2.24) is 4.90 Å². The summed E-state index contributed by atoms with van der Waals surface area (Å²) in [5, 5.41) is 8.66. The average Bonchev–Trinajstić information content (AvgIpc) is 3.03. The van der Waals surface area contributed by atoms with Gasteiger partial charge in [-0.25, -0.2) is 0 Å². The summed E-state index contributed by atoms with van der Waals surface area (Å²) in [6.07, 6.45) is 3.12. The zero-order valence-electron chi connectivity index (χ0n) is 9.89. The molecule has 0 bridgehead atoms. The predicted molar refractivity (Wildman–Crippen MR) is 59.9 cm³/mol. The smallest absolute Gasteiger partial charge is 0.225 e. The molecule has 2 aliphatic rings. The van der Waals surface area contributed by atoms with Crippen LogP contribution in [-0.4, -0.2) is 48.3 Å². The van der Waals surface area contributed by atoms with Crippen molar-refractivity contribution in [3.63, 3.8) is 0 Å². The molecule has 1 N–H and O–H groups in total. The molecule has 1 saturated carbocycles. The first-order chi connectivity index (χ1) is 7.72. The number of hydrogen-bond donors (Lipinski definition) is 1. The summed E-state index contributed by atoms with van der Waals surface area (Å²) in [4.78, 5) is 13.9. The van der Waals surface area contributed by atoms with Gasteiger partial charge in [0.15, 0.2) is 0 Å². The Labute approximate surface area is 96.6 Å². The number of hydrogen-bond acceptors (Lipinski definition) is 3. The fraction of sp³-hybridized carbons (Fsp3) is 0.917. The van der Waals surface area contributed by atoms with Crippen LogP contribution >= 0.6 is 0 Å². The minimum atomic E-state index is 0.0821. The quantitative estimate of drug-likeness (QED) is 0.767. The Morgan fingerprint density at radius 1 is 1.44 bits per heavy atom. The number of ether oxygens (including phenoxy) is 1. The molecule has 16 heavy (non-hydrogen) atoms. The minimum Gasteiger partial charge on any atom is -0.394 e. The average molecular weight is 227 g/mol. The van der Waals surface area contributed by atoms with E-state index in [-0.39, 0.29) is 12.7 Å². The Morgan fingerprint density at radius 2 is 2.06 bits per heavy atom. The molecule has 1 saturated heterocycles. The third-order valence-electron chi connectivity index (χ3n) is 3.63. The second kappa shape index (κ2) is 5.15. The highest BCUT2D eigenvalue weighted by molar-refractivity contribution is 5.81. The summed E-state index contributed by atoms with van der Waals surface area (Å²) in [5.41, 5.74) is 0. The molecule has 0 aromatic rings. The Balaban J connectivity index is 1.70. The topological polar surface area (TPSA) is 49.8 Å². The van der Waals surface area contributed by atoms with Crippen LogP contribution < -0.4 is 0 Å². The van der Waals surface area contributed by atoms with Gasteiger partial charge in [-0.05, 0) is 25.2 Å². The molecule has 1 heterocycles. The van der Waals surface area contributed by atoms with E-state index < -0.39 is 0 Å². The lowest BCUT2D eigenvalue weighted by atomic mass is 10.1. The van der Waals surface area contributed by atoms with Crippen LogP contribution in [0.3, 0.4) is 0 Å². The number of aliphatic hydroxyl groups excluding tert-OH is 1. The molecule has 0 aromatic heterocycles. The third-order valence-corrected chi connectivity index (χ3v) is 3.63. The van der Waals surface area contributed by atoms with Gasteiger partial charge in [0, 0.05) is 19.0 Å². The number of likely N-dealkylation sites (tertiary alicyclic amines) is 1. The maximum atomic E-state index is 11.9. The van der Waals surface area contributed by atoms with Crippen LogP contribution in [0, 0.1) is 11.8 Å². The Bertz CT molecular complexity index is 249. The largest absolute Gasteiger partial charge is 0.394 e. The molecule has 2 rings (SSSR count). The molecule has 2 unspecified atom stereocenters. The van der Waals surface area contributed by atoms with Crippen molar-refractivity contribution in [2.75, 3.05) is 26.3 Å². The van der Waals surface area contributed by atoms with Crippen molar-refractivity contribution in [1.29, 1.82) is 0 Å². The van der Waals surface area contributed by atoms with E-state index in [2.05, 4.69) is 6.92 Å². The molecule has 0 spiro atoms. The molecule has 92 valence electrons. The summed E-state index contributed by atoms with van der Waals surface area (Å²) in [7, 11) is 0. The maximum Gasteiger partial charge on any atom is 0.225 e. The highest BCUT2D eigenvalue weighted by atomic mass is 16.5. The van der Waals surface area contributed by atoms with Crippen LogP contribution in [0.4, 0.5) is 0 Å². The second-order valence-electron chi connectivity index (χ2n) is 4.94. The van der Waals surface area contributed by atoms with E-state index >= 15 is 0 Å². The number of carbonyl (C=O) groups is 1. The number of aliphatic hydroxyl groups is 1. The molecule has 2 atom stereocenters. The Morgan fingerprint density at radius 3 is 2.56 bits per heavy atom. The third kappa shape index (κ3) is 2.74. The van der Waals surface area contributed by atoms with Crippen molar-refractivity contribution in [3.8, 4) is 0 Å². The van der Waals surface area contributed by atoms with Crippen molar-refractivity contribution in [3.05, 3.63) is 0 Å². The summed E-state index contributed by atoms with van der Waals surface area (Å²) < 4.78 is 5.47. The van der Waals surface area contributed by atoms with E-state index in [1.54, 1.807) is 0 Å². The predicted octanol–water partition coefficient (Wildman–Crippen LogP) is 0.642. The summed E-state index contributed by atoms with van der Waals surface area (Å²) in [6, 6.07) is 0. The molecule has 0 radical (unpaired) electrons.